The molecule has 5 heteroatoms. The lowest BCUT2D eigenvalue weighted by molar-refractivity contribution is 0.341. The predicted octanol–water partition coefficient (Wildman–Crippen LogP) is 2.29. The lowest BCUT2D eigenvalue weighted by atomic mass is 10.0. The van der Waals surface area contributed by atoms with Crippen LogP contribution < -0.4 is 5.32 Å². The minimum atomic E-state index is -3.37. The van der Waals surface area contributed by atoms with Gasteiger partial charge in [0.1, 0.15) is 0 Å². The molecule has 0 bridgehead atoms. The second-order valence-corrected chi connectivity index (χ2v) is 7.99. The van der Waals surface area contributed by atoms with Crippen molar-refractivity contribution in [2.45, 2.75) is 56.5 Å². The Hall–Kier alpha value is -0.910. The van der Waals surface area contributed by atoms with E-state index in [9.17, 15) is 8.42 Å². The van der Waals surface area contributed by atoms with Crippen molar-refractivity contribution in [3.63, 3.8) is 0 Å². The number of sulfonamides is 1. The summed E-state index contributed by atoms with van der Waals surface area (Å²) in [6.45, 7) is 4.33. The SMILES string of the molecule is CC1CCCCCN1S(=O)(=O)c1cccc2c1CCNC2. The fourth-order valence-corrected chi connectivity index (χ4v) is 5.47. The van der Waals surface area contributed by atoms with Gasteiger partial charge in [-0.1, -0.05) is 25.0 Å². The highest BCUT2D eigenvalue weighted by Crippen LogP contribution is 2.29. The highest BCUT2D eigenvalue weighted by atomic mass is 32.2. The zero-order valence-corrected chi connectivity index (χ0v) is 13.5. The maximum atomic E-state index is 13.1. The Morgan fingerprint density at radius 1 is 1.24 bits per heavy atom. The fraction of sp³-hybridized carbons (Fsp3) is 0.625. The highest BCUT2D eigenvalue weighted by Gasteiger charge is 2.32. The van der Waals surface area contributed by atoms with Gasteiger partial charge in [-0.2, -0.15) is 4.31 Å². The van der Waals surface area contributed by atoms with Crippen LogP contribution in [0.4, 0.5) is 0 Å². The van der Waals surface area contributed by atoms with Crippen LogP contribution in [0.2, 0.25) is 0 Å². The summed E-state index contributed by atoms with van der Waals surface area (Å²) in [5.41, 5.74) is 2.15. The maximum Gasteiger partial charge on any atom is 0.243 e. The number of nitrogens with zero attached hydrogens (tertiary/aromatic N) is 1. The molecule has 0 saturated carbocycles. The lowest BCUT2D eigenvalue weighted by Gasteiger charge is -2.29. The van der Waals surface area contributed by atoms with Crippen LogP contribution in [-0.4, -0.2) is 31.9 Å². The van der Waals surface area contributed by atoms with Crippen LogP contribution >= 0.6 is 0 Å². The Morgan fingerprint density at radius 2 is 2.10 bits per heavy atom. The molecular weight excluding hydrogens is 284 g/mol. The normalized spacial score (nSPS) is 24.3. The third-order valence-electron chi connectivity index (χ3n) is 4.68. The van der Waals surface area contributed by atoms with Crippen LogP contribution in [0.5, 0.6) is 0 Å². The molecular formula is C16H24N2O2S. The van der Waals surface area contributed by atoms with Crippen molar-refractivity contribution in [1.29, 1.82) is 0 Å². The fourth-order valence-electron chi connectivity index (χ4n) is 3.47. The first-order chi connectivity index (χ1) is 10.1. The quantitative estimate of drug-likeness (QED) is 0.912. The predicted molar refractivity (Wildman–Crippen MR) is 83.7 cm³/mol. The molecule has 1 saturated heterocycles. The van der Waals surface area contributed by atoms with E-state index in [4.69, 9.17) is 0 Å². The second-order valence-electron chi connectivity index (χ2n) is 6.13. The molecule has 0 aliphatic carbocycles. The van der Waals surface area contributed by atoms with Crippen molar-refractivity contribution in [2.75, 3.05) is 13.1 Å². The van der Waals surface area contributed by atoms with Crippen molar-refractivity contribution in [1.82, 2.24) is 9.62 Å². The highest BCUT2D eigenvalue weighted by molar-refractivity contribution is 7.89. The second kappa shape index (κ2) is 6.07. The third-order valence-corrected chi connectivity index (χ3v) is 6.77. The van der Waals surface area contributed by atoms with Gasteiger partial charge in [-0.15, -0.1) is 0 Å². The standard InChI is InChI=1S/C16H24N2O2S/c1-13-6-3-2-4-11-18(13)21(19,20)16-8-5-7-14-12-17-10-9-15(14)16/h5,7-8,13,17H,2-4,6,9-12H2,1H3. The van der Waals surface area contributed by atoms with Crippen molar-refractivity contribution < 1.29 is 8.42 Å². The lowest BCUT2D eigenvalue weighted by Crippen LogP contribution is -2.39. The summed E-state index contributed by atoms with van der Waals surface area (Å²) in [7, 11) is -3.37. The molecule has 3 rings (SSSR count). The molecule has 1 aromatic rings. The number of hydrogen-bond acceptors (Lipinski definition) is 3. The Morgan fingerprint density at radius 3 is 2.95 bits per heavy atom. The molecule has 2 aliphatic rings. The van der Waals surface area contributed by atoms with Gasteiger partial charge in [0.25, 0.3) is 0 Å². The zero-order chi connectivity index (χ0) is 14.9. The minimum absolute atomic E-state index is 0.107. The van der Waals surface area contributed by atoms with Gasteiger partial charge in [-0.3, -0.25) is 0 Å². The molecule has 4 nitrogen and oxygen atoms in total. The topological polar surface area (TPSA) is 49.4 Å². The number of fused-ring (bicyclic) bond motifs is 1. The summed E-state index contributed by atoms with van der Waals surface area (Å²) < 4.78 is 28.0. The minimum Gasteiger partial charge on any atom is -0.312 e. The smallest absolute Gasteiger partial charge is 0.243 e. The molecule has 21 heavy (non-hydrogen) atoms. The molecule has 0 spiro atoms. The van der Waals surface area contributed by atoms with Gasteiger partial charge < -0.3 is 5.32 Å². The largest absolute Gasteiger partial charge is 0.312 e. The van der Waals surface area contributed by atoms with Crippen LogP contribution in [0.25, 0.3) is 0 Å². The molecule has 0 amide bonds. The first-order valence-corrected chi connectivity index (χ1v) is 9.38. The van der Waals surface area contributed by atoms with E-state index in [2.05, 4.69) is 5.32 Å². The molecule has 1 atom stereocenters. The average Bonchev–Trinajstić information content (AvgIpc) is 2.71. The van der Waals surface area contributed by atoms with Crippen molar-refractivity contribution >= 4 is 10.0 Å². The van der Waals surface area contributed by atoms with Gasteiger partial charge >= 0.3 is 0 Å². The Bertz CT molecular complexity index is 613. The molecule has 1 fully saturated rings. The van der Waals surface area contributed by atoms with Crippen LogP contribution in [-0.2, 0) is 23.0 Å². The van der Waals surface area contributed by atoms with E-state index in [0.717, 1.165) is 56.3 Å². The number of benzene rings is 1. The van der Waals surface area contributed by atoms with Crippen molar-refractivity contribution in [3.05, 3.63) is 29.3 Å². The van der Waals surface area contributed by atoms with Gasteiger partial charge in [0, 0.05) is 19.1 Å². The van der Waals surface area contributed by atoms with E-state index in [1.165, 1.54) is 0 Å². The van der Waals surface area contributed by atoms with E-state index < -0.39 is 10.0 Å². The number of nitrogens with one attached hydrogen (secondary N) is 1. The summed E-state index contributed by atoms with van der Waals surface area (Å²) in [6.07, 6.45) is 5.00. The summed E-state index contributed by atoms with van der Waals surface area (Å²) in [6, 6.07) is 5.81. The Kier molecular flexibility index (Phi) is 4.33. The molecule has 1 unspecified atom stereocenters. The summed E-state index contributed by atoms with van der Waals surface area (Å²) in [5.74, 6) is 0. The third kappa shape index (κ3) is 2.87. The molecule has 2 heterocycles. The number of rotatable bonds is 2. The van der Waals surface area contributed by atoms with Gasteiger partial charge in [0.05, 0.1) is 4.90 Å². The van der Waals surface area contributed by atoms with Crippen LogP contribution in [0.15, 0.2) is 23.1 Å². The maximum absolute atomic E-state index is 13.1. The van der Waals surface area contributed by atoms with E-state index in [1.807, 2.05) is 19.1 Å². The van der Waals surface area contributed by atoms with Gasteiger partial charge in [-0.25, -0.2) is 8.42 Å². The van der Waals surface area contributed by atoms with Gasteiger partial charge in [0.2, 0.25) is 10.0 Å². The molecule has 1 N–H and O–H groups in total. The molecule has 1 aromatic carbocycles. The van der Waals surface area contributed by atoms with E-state index >= 15 is 0 Å². The summed E-state index contributed by atoms with van der Waals surface area (Å²) in [4.78, 5) is 0.537. The zero-order valence-electron chi connectivity index (χ0n) is 12.6. The Labute approximate surface area is 127 Å². The van der Waals surface area contributed by atoms with Crippen molar-refractivity contribution in [3.8, 4) is 0 Å². The first kappa shape index (κ1) is 15.0. The van der Waals surface area contributed by atoms with Gasteiger partial charge in [0.15, 0.2) is 0 Å². The van der Waals surface area contributed by atoms with Crippen LogP contribution in [0.3, 0.4) is 0 Å². The van der Waals surface area contributed by atoms with E-state index in [0.29, 0.717) is 11.4 Å². The van der Waals surface area contributed by atoms with Gasteiger partial charge in [-0.05, 0) is 49.9 Å². The summed E-state index contributed by atoms with van der Waals surface area (Å²) in [5, 5.41) is 3.31. The van der Waals surface area contributed by atoms with Crippen LogP contribution in [0, 0.1) is 0 Å². The molecule has 0 radical (unpaired) electrons. The number of hydrogen-bond donors (Lipinski definition) is 1. The van der Waals surface area contributed by atoms with Crippen molar-refractivity contribution in [2.24, 2.45) is 0 Å². The monoisotopic (exact) mass is 308 g/mol. The Balaban J connectivity index is 2.01. The first-order valence-electron chi connectivity index (χ1n) is 7.94. The summed E-state index contributed by atoms with van der Waals surface area (Å²) >= 11 is 0. The van der Waals surface area contributed by atoms with Crippen LogP contribution in [0.1, 0.15) is 43.7 Å². The molecule has 0 aromatic heterocycles. The molecule has 116 valence electrons. The molecule has 2 aliphatic heterocycles. The van der Waals surface area contributed by atoms with E-state index in [1.54, 1.807) is 10.4 Å². The average molecular weight is 308 g/mol. The van der Waals surface area contributed by atoms with E-state index in [-0.39, 0.29) is 6.04 Å².